The standard InChI is InChI=1S/C20H19N3O4S/c1-2-3-11-22-19(25)16-9-4-5-10-17(16)21-20(22)28-13-18(24)14-7-6-8-15(12-14)23(26)27/h4-10,12H,2-3,11,13H2,1H3. The summed E-state index contributed by atoms with van der Waals surface area (Å²) in [6, 6.07) is 12.8. The van der Waals surface area contributed by atoms with Gasteiger partial charge in [-0.3, -0.25) is 24.3 Å². The van der Waals surface area contributed by atoms with Crippen molar-refractivity contribution < 1.29 is 9.72 Å². The normalized spacial score (nSPS) is 10.9. The summed E-state index contributed by atoms with van der Waals surface area (Å²) in [7, 11) is 0. The average molecular weight is 397 g/mol. The van der Waals surface area contributed by atoms with Crippen LogP contribution >= 0.6 is 11.8 Å². The number of Topliss-reactive ketones (excluding diaryl/α,β-unsaturated/α-hetero) is 1. The number of aromatic nitrogens is 2. The van der Waals surface area contributed by atoms with Crippen LogP contribution in [0.4, 0.5) is 5.69 Å². The number of carbonyl (C=O) groups excluding carboxylic acids is 1. The summed E-state index contributed by atoms with van der Waals surface area (Å²) in [5, 5.41) is 11.9. The maximum absolute atomic E-state index is 12.8. The number of non-ortho nitro benzene ring substituents is 1. The number of rotatable bonds is 8. The summed E-state index contributed by atoms with van der Waals surface area (Å²) in [6.45, 7) is 2.57. The molecule has 0 spiro atoms. The van der Waals surface area contributed by atoms with E-state index in [1.54, 1.807) is 28.8 Å². The van der Waals surface area contributed by atoms with Crippen molar-refractivity contribution in [3.63, 3.8) is 0 Å². The summed E-state index contributed by atoms with van der Waals surface area (Å²) >= 11 is 1.18. The van der Waals surface area contributed by atoms with Crippen LogP contribution in [0.25, 0.3) is 10.9 Å². The van der Waals surface area contributed by atoms with E-state index < -0.39 is 4.92 Å². The molecular weight excluding hydrogens is 378 g/mol. The lowest BCUT2D eigenvalue weighted by molar-refractivity contribution is -0.384. The second-order valence-electron chi connectivity index (χ2n) is 6.24. The highest BCUT2D eigenvalue weighted by atomic mass is 32.2. The van der Waals surface area contributed by atoms with Crippen LogP contribution in [0.15, 0.2) is 58.5 Å². The molecule has 0 amide bonds. The quantitative estimate of drug-likeness (QED) is 0.187. The maximum atomic E-state index is 12.8. The van der Waals surface area contributed by atoms with E-state index in [-0.39, 0.29) is 28.3 Å². The number of nitrogens with zero attached hydrogens (tertiary/aromatic N) is 3. The number of benzene rings is 2. The average Bonchev–Trinajstić information content (AvgIpc) is 2.71. The summed E-state index contributed by atoms with van der Waals surface area (Å²) in [5.41, 5.74) is 0.611. The predicted molar refractivity (Wildman–Crippen MR) is 109 cm³/mol. The van der Waals surface area contributed by atoms with Gasteiger partial charge in [0.05, 0.1) is 21.6 Å². The van der Waals surface area contributed by atoms with Crippen molar-refractivity contribution in [1.29, 1.82) is 0 Å². The number of carbonyl (C=O) groups is 1. The molecule has 3 aromatic rings. The topological polar surface area (TPSA) is 95.1 Å². The molecule has 28 heavy (non-hydrogen) atoms. The first kappa shape index (κ1) is 19.8. The molecule has 0 saturated heterocycles. The molecule has 0 radical (unpaired) electrons. The van der Waals surface area contributed by atoms with Crippen molar-refractivity contribution in [2.45, 2.75) is 31.5 Å². The molecule has 2 aromatic carbocycles. The van der Waals surface area contributed by atoms with E-state index in [0.29, 0.717) is 22.6 Å². The first-order valence-corrected chi connectivity index (χ1v) is 9.90. The molecule has 144 valence electrons. The fourth-order valence-corrected chi connectivity index (χ4v) is 3.70. The third-order valence-electron chi connectivity index (χ3n) is 4.27. The van der Waals surface area contributed by atoms with Gasteiger partial charge in [0, 0.05) is 24.2 Å². The lowest BCUT2D eigenvalue weighted by Crippen LogP contribution is -2.24. The van der Waals surface area contributed by atoms with Gasteiger partial charge in [0.15, 0.2) is 10.9 Å². The zero-order valence-corrected chi connectivity index (χ0v) is 16.1. The van der Waals surface area contributed by atoms with Crippen molar-refractivity contribution >= 4 is 34.1 Å². The number of thioether (sulfide) groups is 1. The molecule has 8 heteroatoms. The maximum Gasteiger partial charge on any atom is 0.270 e. The largest absolute Gasteiger partial charge is 0.293 e. The van der Waals surface area contributed by atoms with E-state index in [9.17, 15) is 19.7 Å². The number of nitro groups is 1. The van der Waals surface area contributed by atoms with E-state index in [1.807, 2.05) is 13.0 Å². The van der Waals surface area contributed by atoms with Gasteiger partial charge in [-0.15, -0.1) is 0 Å². The molecular formula is C20H19N3O4S. The Morgan fingerprint density at radius 3 is 2.75 bits per heavy atom. The van der Waals surface area contributed by atoms with Crippen LogP contribution in [0, 0.1) is 10.1 Å². The highest BCUT2D eigenvalue weighted by Gasteiger charge is 2.15. The minimum atomic E-state index is -0.531. The first-order valence-electron chi connectivity index (χ1n) is 8.91. The number of unbranched alkanes of at least 4 members (excludes halogenated alkanes) is 1. The van der Waals surface area contributed by atoms with E-state index in [1.165, 1.54) is 30.0 Å². The van der Waals surface area contributed by atoms with Gasteiger partial charge in [-0.1, -0.05) is 49.4 Å². The van der Waals surface area contributed by atoms with Gasteiger partial charge in [0.25, 0.3) is 11.2 Å². The number of ketones is 1. The van der Waals surface area contributed by atoms with Gasteiger partial charge in [-0.2, -0.15) is 0 Å². The van der Waals surface area contributed by atoms with Crippen molar-refractivity contribution in [2.24, 2.45) is 0 Å². The fourth-order valence-electron chi connectivity index (χ4n) is 2.78. The third-order valence-corrected chi connectivity index (χ3v) is 5.25. The van der Waals surface area contributed by atoms with E-state index in [2.05, 4.69) is 4.98 Å². The SMILES string of the molecule is CCCCn1c(SCC(=O)c2cccc([N+](=O)[O-])c2)nc2ccccc2c1=O. The summed E-state index contributed by atoms with van der Waals surface area (Å²) < 4.78 is 1.61. The number of hydrogen-bond donors (Lipinski definition) is 0. The van der Waals surface area contributed by atoms with Crippen LogP contribution in [-0.2, 0) is 6.54 Å². The monoisotopic (exact) mass is 397 g/mol. The van der Waals surface area contributed by atoms with Crippen molar-refractivity contribution in [1.82, 2.24) is 9.55 Å². The number of para-hydroxylation sites is 1. The minimum absolute atomic E-state index is 0.0398. The Morgan fingerprint density at radius 1 is 1.21 bits per heavy atom. The molecule has 0 bridgehead atoms. The highest BCUT2D eigenvalue weighted by Crippen LogP contribution is 2.21. The minimum Gasteiger partial charge on any atom is -0.293 e. The lowest BCUT2D eigenvalue weighted by Gasteiger charge is -2.12. The van der Waals surface area contributed by atoms with Crippen molar-refractivity contribution in [2.75, 3.05) is 5.75 Å². The Balaban J connectivity index is 1.88. The molecule has 7 nitrogen and oxygen atoms in total. The van der Waals surface area contributed by atoms with Crippen LogP contribution in [0.1, 0.15) is 30.1 Å². The molecule has 1 heterocycles. The Bertz CT molecular complexity index is 1090. The Kier molecular flexibility index (Phi) is 6.20. The Morgan fingerprint density at radius 2 is 2.00 bits per heavy atom. The van der Waals surface area contributed by atoms with Crippen LogP contribution in [0.2, 0.25) is 0 Å². The zero-order chi connectivity index (χ0) is 20.1. The summed E-state index contributed by atoms with van der Waals surface area (Å²) in [5.74, 6) is -0.212. The van der Waals surface area contributed by atoms with Gasteiger partial charge >= 0.3 is 0 Å². The number of fused-ring (bicyclic) bond motifs is 1. The van der Waals surface area contributed by atoms with Gasteiger partial charge < -0.3 is 0 Å². The second kappa shape index (κ2) is 8.79. The molecule has 0 atom stereocenters. The van der Waals surface area contributed by atoms with Crippen LogP contribution in [0.5, 0.6) is 0 Å². The molecule has 0 aliphatic rings. The lowest BCUT2D eigenvalue weighted by atomic mass is 10.1. The van der Waals surface area contributed by atoms with Crippen LogP contribution in [-0.4, -0.2) is 26.0 Å². The molecule has 0 unspecified atom stereocenters. The molecule has 3 rings (SSSR count). The van der Waals surface area contributed by atoms with E-state index in [4.69, 9.17) is 0 Å². The van der Waals surface area contributed by atoms with Gasteiger partial charge in [-0.25, -0.2) is 4.98 Å². The summed E-state index contributed by atoms with van der Waals surface area (Å²) in [4.78, 5) is 40.3. The number of hydrogen-bond acceptors (Lipinski definition) is 6. The zero-order valence-electron chi connectivity index (χ0n) is 15.3. The molecule has 0 saturated carbocycles. The van der Waals surface area contributed by atoms with Crippen LogP contribution in [0.3, 0.4) is 0 Å². The molecule has 0 aliphatic carbocycles. The molecule has 0 aliphatic heterocycles. The Hall–Kier alpha value is -3.00. The third kappa shape index (κ3) is 4.28. The van der Waals surface area contributed by atoms with Crippen molar-refractivity contribution in [3.8, 4) is 0 Å². The van der Waals surface area contributed by atoms with E-state index >= 15 is 0 Å². The predicted octanol–water partition coefficient (Wildman–Crippen LogP) is 4.08. The first-order chi connectivity index (χ1) is 13.5. The molecule has 0 fully saturated rings. The Labute approximate surface area is 165 Å². The van der Waals surface area contributed by atoms with Gasteiger partial charge in [-0.05, 0) is 18.6 Å². The smallest absolute Gasteiger partial charge is 0.270 e. The van der Waals surface area contributed by atoms with Gasteiger partial charge in [0.1, 0.15) is 0 Å². The molecule has 0 N–H and O–H groups in total. The molecule has 1 aromatic heterocycles. The number of nitro benzene ring substituents is 1. The van der Waals surface area contributed by atoms with Gasteiger partial charge in [0.2, 0.25) is 0 Å². The highest BCUT2D eigenvalue weighted by molar-refractivity contribution is 7.99. The second-order valence-corrected chi connectivity index (χ2v) is 7.18. The summed E-state index contributed by atoms with van der Waals surface area (Å²) in [6.07, 6.45) is 1.75. The van der Waals surface area contributed by atoms with E-state index in [0.717, 1.165) is 12.8 Å². The van der Waals surface area contributed by atoms with Crippen molar-refractivity contribution in [3.05, 3.63) is 74.6 Å². The van der Waals surface area contributed by atoms with Crippen LogP contribution < -0.4 is 5.56 Å². The fraction of sp³-hybridized carbons (Fsp3) is 0.250.